The first kappa shape index (κ1) is 16.8. The summed E-state index contributed by atoms with van der Waals surface area (Å²) in [4.78, 5) is 26.2. The molecule has 0 saturated carbocycles. The fourth-order valence-electron chi connectivity index (χ4n) is 2.42. The summed E-state index contributed by atoms with van der Waals surface area (Å²) in [7, 11) is 1.65. The molecule has 5 nitrogen and oxygen atoms in total. The number of esters is 1. The molecule has 1 aromatic heterocycles. The number of hydrogen-bond acceptors (Lipinski definition) is 4. The van der Waals surface area contributed by atoms with Gasteiger partial charge in [0.15, 0.2) is 6.10 Å². The molecule has 0 aliphatic carbocycles. The van der Waals surface area contributed by atoms with Crippen LogP contribution in [-0.2, 0) is 9.53 Å². The Bertz CT molecular complexity index is 718. The van der Waals surface area contributed by atoms with E-state index in [-0.39, 0.29) is 5.91 Å². The van der Waals surface area contributed by atoms with E-state index in [1.54, 1.807) is 34.7 Å². The van der Waals surface area contributed by atoms with E-state index in [1.165, 1.54) is 4.90 Å². The number of rotatable bonds is 4. The predicted octanol–water partition coefficient (Wildman–Crippen LogP) is 3.41. The molecule has 0 aliphatic heterocycles. The molecular weight excluding hydrogens is 294 g/mol. The number of amides is 1. The Morgan fingerprint density at radius 1 is 1.09 bits per heavy atom. The predicted molar refractivity (Wildman–Crippen MR) is 87.6 cm³/mol. The number of ether oxygens (including phenoxy) is 1. The maximum atomic E-state index is 12.4. The van der Waals surface area contributed by atoms with Crippen LogP contribution in [-0.4, -0.2) is 25.0 Å². The van der Waals surface area contributed by atoms with E-state index in [1.807, 2.05) is 30.3 Å². The highest BCUT2D eigenvalue weighted by molar-refractivity contribution is 5.99. The third-order valence-electron chi connectivity index (χ3n) is 3.87. The molecular formula is C18H21NO4. The lowest BCUT2D eigenvalue weighted by molar-refractivity contribution is -0.126. The van der Waals surface area contributed by atoms with Crippen molar-refractivity contribution >= 4 is 17.6 Å². The van der Waals surface area contributed by atoms with Gasteiger partial charge in [-0.25, -0.2) is 4.79 Å². The zero-order valence-corrected chi connectivity index (χ0v) is 14.0. The van der Waals surface area contributed by atoms with E-state index in [2.05, 4.69) is 0 Å². The average Bonchev–Trinajstić information content (AvgIpc) is 2.79. The van der Waals surface area contributed by atoms with Crippen LogP contribution in [0.25, 0.3) is 0 Å². The normalized spacial score (nSPS) is 11.9. The van der Waals surface area contributed by atoms with Crippen LogP contribution in [0.15, 0.2) is 34.7 Å². The fraction of sp³-hybridized carbons (Fsp3) is 0.333. The Hall–Kier alpha value is -2.56. The van der Waals surface area contributed by atoms with Crippen LogP contribution in [0.3, 0.4) is 0 Å². The maximum absolute atomic E-state index is 12.4. The number of hydrogen-bond donors (Lipinski definition) is 0. The summed E-state index contributed by atoms with van der Waals surface area (Å²) in [6.07, 6.45) is -0.887. The molecule has 1 aromatic carbocycles. The van der Waals surface area contributed by atoms with Crippen LogP contribution in [0.4, 0.5) is 5.69 Å². The van der Waals surface area contributed by atoms with Gasteiger partial charge in [0.1, 0.15) is 17.1 Å². The molecule has 5 heteroatoms. The standard InChI is InChI=1S/C18H21NO4/c1-11-12(2)22-13(3)16(11)18(21)23-14(4)17(20)19(5)15-9-7-6-8-10-15/h6-10,14H,1-5H3. The second kappa shape index (κ2) is 6.69. The SMILES string of the molecule is Cc1oc(C)c(C(=O)OC(C)C(=O)N(C)c2ccccc2)c1C. The average molecular weight is 315 g/mol. The number of carbonyl (C=O) groups is 2. The number of nitrogens with zero attached hydrogens (tertiary/aromatic N) is 1. The maximum Gasteiger partial charge on any atom is 0.342 e. The lowest BCUT2D eigenvalue weighted by Crippen LogP contribution is -2.37. The van der Waals surface area contributed by atoms with Gasteiger partial charge in [-0.2, -0.15) is 0 Å². The van der Waals surface area contributed by atoms with E-state index >= 15 is 0 Å². The molecule has 0 fully saturated rings. The van der Waals surface area contributed by atoms with Crippen molar-refractivity contribution in [1.29, 1.82) is 0 Å². The second-order valence-corrected chi connectivity index (χ2v) is 5.49. The third kappa shape index (κ3) is 3.44. The van der Waals surface area contributed by atoms with Crippen molar-refractivity contribution in [3.8, 4) is 0 Å². The molecule has 1 amide bonds. The van der Waals surface area contributed by atoms with Crippen LogP contribution >= 0.6 is 0 Å². The first-order valence-electron chi connectivity index (χ1n) is 7.43. The second-order valence-electron chi connectivity index (χ2n) is 5.49. The van der Waals surface area contributed by atoms with Crippen molar-refractivity contribution in [2.75, 3.05) is 11.9 Å². The first-order chi connectivity index (χ1) is 10.8. The Kier molecular flexibility index (Phi) is 4.89. The van der Waals surface area contributed by atoms with Crippen molar-refractivity contribution in [2.45, 2.75) is 33.8 Å². The molecule has 0 saturated heterocycles. The van der Waals surface area contributed by atoms with Gasteiger partial charge in [-0.15, -0.1) is 0 Å². The number of aryl methyl sites for hydroxylation is 2. The third-order valence-corrected chi connectivity index (χ3v) is 3.87. The number of benzene rings is 1. The Morgan fingerprint density at radius 2 is 1.70 bits per heavy atom. The van der Waals surface area contributed by atoms with Gasteiger partial charge in [0, 0.05) is 18.3 Å². The quantitative estimate of drug-likeness (QED) is 0.811. The van der Waals surface area contributed by atoms with E-state index in [0.29, 0.717) is 17.1 Å². The largest absolute Gasteiger partial charge is 0.465 e. The molecule has 0 radical (unpaired) electrons. The van der Waals surface area contributed by atoms with Gasteiger partial charge in [-0.1, -0.05) is 18.2 Å². The lowest BCUT2D eigenvalue weighted by Gasteiger charge is -2.21. The summed E-state index contributed by atoms with van der Waals surface area (Å²) in [5.41, 5.74) is 1.87. The van der Waals surface area contributed by atoms with Crippen LogP contribution in [0, 0.1) is 20.8 Å². The first-order valence-corrected chi connectivity index (χ1v) is 7.43. The molecule has 2 rings (SSSR count). The van der Waals surface area contributed by atoms with Gasteiger partial charge in [0.2, 0.25) is 0 Å². The molecule has 23 heavy (non-hydrogen) atoms. The lowest BCUT2D eigenvalue weighted by atomic mass is 10.1. The van der Waals surface area contributed by atoms with Gasteiger partial charge >= 0.3 is 5.97 Å². The van der Waals surface area contributed by atoms with Gasteiger partial charge in [0.25, 0.3) is 5.91 Å². The molecule has 122 valence electrons. The molecule has 0 spiro atoms. The van der Waals surface area contributed by atoms with E-state index in [9.17, 15) is 9.59 Å². The highest BCUT2D eigenvalue weighted by Crippen LogP contribution is 2.22. The fourth-order valence-corrected chi connectivity index (χ4v) is 2.42. The Balaban J connectivity index is 2.10. The Morgan fingerprint density at radius 3 is 2.22 bits per heavy atom. The van der Waals surface area contributed by atoms with Crippen molar-refractivity contribution < 1.29 is 18.7 Å². The van der Waals surface area contributed by atoms with Crippen LogP contribution in [0.1, 0.15) is 34.4 Å². The van der Waals surface area contributed by atoms with Crippen molar-refractivity contribution in [1.82, 2.24) is 0 Å². The summed E-state index contributed by atoms with van der Waals surface area (Å²) in [5.74, 6) is 0.343. The van der Waals surface area contributed by atoms with Crippen molar-refractivity contribution in [3.05, 3.63) is 53.0 Å². The molecule has 1 atom stereocenters. The number of carbonyl (C=O) groups excluding carboxylic acids is 2. The highest BCUT2D eigenvalue weighted by atomic mass is 16.5. The summed E-state index contributed by atoms with van der Waals surface area (Å²) >= 11 is 0. The number of anilines is 1. The monoisotopic (exact) mass is 315 g/mol. The molecule has 0 N–H and O–H groups in total. The smallest absolute Gasteiger partial charge is 0.342 e. The Labute approximate surface area is 135 Å². The van der Waals surface area contributed by atoms with Gasteiger partial charge < -0.3 is 14.1 Å². The highest BCUT2D eigenvalue weighted by Gasteiger charge is 2.26. The number of para-hydroxylation sites is 1. The summed E-state index contributed by atoms with van der Waals surface area (Å²) < 4.78 is 10.8. The number of likely N-dealkylation sites (N-methyl/N-ethyl adjacent to an activating group) is 1. The van der Waals surface area contributed by atoms with Gasteiger partial charge in [-0.3, -0.25) is 4.79 Å². The van der Waals surface area contributed by atoms with E-state index in [0.717, 1.165) is 11.3 Å². The minimum absolute atomic E-state index is 0.292. The van der Waals surface area contributed by atoms with Gasteiger partial charge in [-0.05, 0) is 39.8 Å². The van der Waals surface area contributed by atoms with Crippen LogP contribution in [0.2, 0.25) is 0 Å². The van der Waals surface area contributed by atoms with E-state index in [4.69, 9.17) is 9.15 Å². The minimum Gasteiger partial charge on any atom is -0.465 e. The summed E-state index contributed by atoms with van der Waals surface area (Å²) in [5, 5.41) is 0. The van der Waals surface area contributed by atoms with Crippen LogP contribution < -0.4 is 4.90 Å². The minimum atomic E-state index is -0.887. The van der Waals surface area contributed by atoms with Crippen molar-refractivity contribution in [3.63, 3.8) is 0 Å². The zero-order valence-electron chi connectivity index (χ0n) is 14.0. The number of furan rings is 1. The van der Waals surface area contributed by atoms with Gasteiger partial charge in [0.05, 0.1) is 0 Å². The summed E-state index contributed by atoms with van der Waals surface area (Å²) in [6, 6.07) is 9.20. The molecule has 0 bridgehead atoms. The molecule has 1 unspecified atom stereocenters. The molecule has 1 heterocycles. The molecule has 0 aliphatic rings. The van der Waals surface area contributed by atoms with Crippen molar-refractivity contribution in [2.24, 2.45) is 0 Å². The van der Waals surface area contributed by atoms with Crippen LogP contribution in [0.5, 0.6) is 0 Å². The zero-order chi connectivity index (χ0) is 17.1. The summed E-state index contributed by atoms with van der Waals surface area (Å²) in [6.45, 7) is 6.86. The van der Waals surface area contributed by atoms with E-state index < -0.39 is 12.1 Å². The topological polar surface area (TPSA) is 59.8 Å². The molecule has 2 aromatic rings.